The Labute approximate surface area is 134 Å². The van der Waals surface area contributed by atoms with Gasteiger partial charge in [0.25, 0.3) is 0 Å². The van der Waals surface area contributed by atoms with Gasteiger partial charge in [-0.1, -0.05) is 37.3 Å². The molecule has 0 aliphatic rings. The van der Waals surface area contributed by atoms with E-state index in [4.69, 9.17) is 0 Å². The molecule has 0 radical (unpaired) electrons. The maximum absolute atomic E-state index is 10.1. The highest BCUT2D eigenvalue weighted by atomic mass is 79.9. The number of hydrogen-bond donors (Lipinski definition) is 2. The van der Waals surface area contributed by atoms with E-state index in [1.54, 1.807) is 0 Å². The van der Waals surface area contributed by atoms with Gasteiger partial charge in [-0.05, 0) is 34.8 Å². The molecule has 1 aromatic carbocycles. The van der Waals surface area contributed by atoms with Gasteiger partial charge in [0.15, 0.2) is 0 Å². The zero-order valence-electron chi connectivity index (χ0n) is 12.5. The lowest BCUT2D eigenvalue weighted by Gasteiger charge is -2.13. The van der Waals surface area contributed by atoms with Crippen LogP contribution >= 0.6 is 15.9 Å². The van der Waals surface area contributed by atoms with Crippen molar-refractivity contribution in [1.29, 1.82) is 0 Å². The van der Waals surface area contributed by atoms with E-state index < -0.39 is 6.10 Å². The molecule has 0 bridgehead atoms. The molecule has 2 rings (SSSR count). The maximum atomic E-state index is 10.1. The summed E-state index contributed by atoms with van der Waals surface area (Å²) in [5.41, 5.74) is 3.15. The van der Waals surface area contributed by atoms with Crippen molar-refractivity contribution < 1.29 is 5.11 Å². The molecular formula is C16H22BrN3O. The molecule has 0 amide bonds. The highest BCUT2D eigenvalue weighted by molar-refractivity contribution is 9.10. The van der Waals surface area contributed by atoms with E-state index >= 15 is 0 Å². The molecule has 114 valence electrons. The van der Waals surface area contributed by atoms with Crippen molar-refractivity contribution in [1.82, 2.24) is 15.1 Å². The number of hydrogen-bond acceptors (Lipinski definition) is 3. The number of aliphatic hydroxyl groups is 1. The molecule has 0 saturated carbocycles. The number of nitrogens with one attached hydrogen (secondary N) is 1. The molecule has 21 heavy (non-hydrogen) atoms. The molecule has 0 fully saturated rings. The van der Waals surface area contributed by atoms with Crippen LogP contribution in [-0.2, 0) is 19.5 Å². The van der Waals surface area contributed by atoms with Crippen molar-refractivity contribution in [3.63, 3.8) is 0 Å². The van der Waals surface area contributed by atoms with Gasteiger partial charge in [0.05, 0.1) is 22.0 Å². The Bertz CT molecular complexity index is 568. The maximum Gasteiger partial charge on any atom is 0.0914 e. The minimum atomic E-state index is -0.492. The predicted molar refractivity (Wildman–Crippen MR) is 88.1 cm³/mol. The summed E-state index contributed by atoms with van der Waals surface area (Å²) in [4.78, 5) is 0. The first-order valence-corrected chi connectivity index (χ1v) is 8.14. The Morgan fingerprint density at radius 1 is 1.29 bits per heavy atom. The van der Waals surface area contributed by atoms with Gasteiger partial charge in [-0.3, -0.25) is 4.68 Å². The third-order valence-corrected chi connectivity index (χ3v) is 4.42. The van der Waals surface area contributed by atoms with Crippen LogP contribution in [0.5, 0.6) is 0 Å². The van der Waals surface area contributed by atoms with E-state index in [1.165, 1.54) is 0 Å². The van der Waals surface area contributed by atoms with Gasteiger partial charge in [-0.2, -0.15) is 5.10 Å². The molecule has 1 aromatic heterocycles. The molecule has 0 saturated heterocycles. The lowest BCUT2D eigenvalue weighted by atomic mass is 10.1. The molecule has 2 aromatic rings. The molecule has 1 atom stereocenters. The quantitative estimate of drug-likeness (QED) is 0.805. The number of aromatic nitrogens is 2. The summed E-state index contributed by atoms with van der Waals surface area (Å²) in [5.74, 6) is 0. The van der Waals surface area contributed by atoms with Crippen molar-refractivity contribution in [2.24, 2.45) is 0 Å². The molecule has 0 aliphatic heterocycles. The van der Waals surface area contributed by atoms with Crippen LogP contribution in [0.2, 0.25) is 0 Å². The van der Waals surface area contributed by atoms with Crippen LogP contribution in [0.15, 0.2) is 34.8 Å². The molecule has 5 heteroatoms. The molecule has 1 heterocycles. The lowest BCUT2D eigenvalue weighted by molar-refractivity contribution is 0.174. The molecule has 2 N–H and O–H groups in total. The Kier molecular flexibility index (Phi) is 5.96. The summed E-state index contributed by atoms with van der Waals surface area (Å²) < 4.78 is 3.08. The van der Waals surface area contributed by atoms with E-state index in [9.17, 15) is 5.11 Å². The second-order valence-electron chi connectivity index (χ2n) is 4.93. The molecular weight excluding hydrogens is 330 g/mol. The van der Waals surface area contributed by atoms with E-state index in [0.29, 0.717) is 13.1 Å². The van der Waals surface area contributed by atoms with Gasteiger partial charge in [0, 0.05) is 19.6 Å². The third kappa shape index (κ3) is 3.93. The Hall–Kier alpha value is -1.17. The monoisotopic (exact) mass is 351 g/mol. The Morgan fingerprint density at radius 3 is 2.62 bits per heavy atom. The average Bonchev–Trinajstić information content (AvgIpc) is 2.84. The van der Waals surface area contributed by atoms with Gasteiger partial charge in [0.1, 0.15) is 0 Å². The number of benzene rings is 1. The van der Waals surface area contributed by atoms with Crippen molar-refractivity contribution in [2.45, 2.75) is 39.5 Å². The molecule has 0 spiro atoms. The average molecular weight is 352 g/mol. The van der Waals surface area contributed by atoms with Crippen LogP contribution in [-0.4, -0.2) is 21.4 Å². The predicted octanol–water partition coefficient (Wildman–Crippen LogP) is 3.05. The van der Waals surface area contributed by atoms with Gasteiger partial charge in [0.2, 0.25) is 0 Å². The summed E-state index contributed by atoms with van der Waals surface area (Å²) in [6.45, 7) is 6.24. The fourth-order valence-electron chi connectivity index (χ4n) is 2.31. The largest absolute Gasteiger partial charge is 0.387 e. The lowest BCUT2D eigenvalue weighted by Crippen LogP contribution is -2.22. The Balaban J connectivity index is 1.96. The van der Waals surface area contributed by atoms with Gasteiger partial charge in [-0.25, -0.2) is 0 Å². The smallest absolute Gasteiger partial charge is 0.0914 e. The Morgan fingerprint density at radius 2 is 2.00 bits per heavy atom. The fraction of sp³-hybridized carbons (Fsp3) is 0.438. The standard InChI is InChI=1S/C16H22BrN3O/c1-3-13-16(17)14(20(4-2)19-13)10-18-11-15(21)12-8-6-5-7-9-12/h5-9,15,18,21H,3-4,10-11H2,1-2H3. The van der Waals surface area contributed by atoms with Gasteiger partial charge < -0.3 is 10.4 Å². The van der Waals surface area contributed by atoms with Crippen LogP contribution in [0.3, 0.4) is 0 Å². The summed E-state index contributed by atoms with van der Waals surface area (Å²) in [6, 6.07) is 9.71. The van der Waals surface area contributed by atoms with E-state index in [-0.39, 0.29) is 0 Å². The van der Waals surface area contributed by atoms with Crippen molar-refractivity contribution >= 4 is 15.9 Å². The first-order chi connectivity index (χ1) is 10.2. The van der Waals surface area contributed by atoms with Crippen molar-refractivity contribution in [3.8, 4) is 0 Å². The number of nitrogens with zero attached hydrogens (tertiary/aromatic N) is 2. The van der Waals surface area contributed by atoms with E-state index in [1.807, 2.05) is 35.0 Å². The van der Waals surface area contributed by atoms with Crippen molar-refractivity contribution in [2.75, 3.05) is 6.54 Å². The first kappa shape index (κ1) is 16.2. The van der Waals surface area contributed by atoms with Crippen LogP contribution in [0.4, 0.5) is 0 Å². The van der Waals surface area contributed by atoms with Gasteiger partial charge in [-0.15, -0.1) is 0 Å². The van der Waals surface area contributed by atoms with Crippen molar-refractivity contribution in [3.05, 3.63) is 51.8 Å². The van der Waals surface area contributed by atoms with Gasteiger partial charge >= 0.3 is 0 Å². The SMILES string of the molecule is CCc1nn(CC)c(CNCC(O)c2ccccc2)c1Br. The van der Waals surface area contributed by atoms with Crippen LogP contribution in [0, 0.1) is 0 Å². The highest BCUT2D eigenvalue weighted by Gasteiger charge is 2.14. The van der Waals surface area contributed by atoms with E-state index in [0.717, 1.165) is 34.4 Å². The summed E-state index contributed by atoms with van der Waals surface area (Å²) in [5, 5.41) is 18.0. The fourth-order valence-corrected chi connectivity index (χ4v) is 3.01. The molecule has 4 nitrogen and oxygen atoms in total. The number of aryl methyl sites for hydroxylation is 2. The summed E-state index contributed by atoms with van der Waals surface area (Å²) in [7, 11) is 0. The topological polar surface area (TPSA) is 50.1 Å². The minimum Gasteiger partial charge on any atom is -0.387 e. The summed E-state index contributed by atoms with van der Waals surface area (Å²) >= 11 is 3.63. The third-order valence-electron chi connectivity index (χ3n) is 3.51. The van der Waals surface area contributed by atoms with Crippen LogP contribution < -0.4 is 5.32 Å². The van der Waals surface area contributed by atoms with Crippen LogP contribution in [0.1, 0.15) is 36.9 Å². The number of halogens is 1. The zero-order chi connectivity index (χ0) is 15.2. The normalized spacial score (nSPS) is 12.6. The second kappa shape index (κ2) is 7.73. The minimum absolute atomic E-state index is 0.492. The summed E-state index contributed by atoms with van der Waals surface area (Å²) in [6.07, 6.45) is 0.418. The molecule has 0 aliphatic carbocycles. The highest BCUT2D eigenvalue weighted by Crippen LogP contribution is 2.22. The number of rotatable bonds is 7. The molecule has 1 unspecified atom stereocenters. The second-order valence-corrected chi connectivity index (χ2v) is 5.73. The first-order valence-electron chi connectivity index (χ1n) is 7.35. The van der Waals surface area contributed by atoms with Crippen LogP contribution in [0.25, 0.3) is 0 Å². The number of aliphatic hydroxyl groups excluding tert-OH is 1. The zero-order valence-corrected chi connectivity index (χ0v) is 14.1. The van der Waals surface area contributed by atoms with E-state index in [2.05, 4.69) is 40.2 Å².